The minimum absolute atomic E-state index is 0.403. The second-order valence-electron chi connectivity index (χ2n) is 2.66. The molecule has 0 atom stereocenters. The third-order valence-electron chi connectivity index (χ3n) is 1.58. The van der Waals surface area contributed by atoms with E-state index in [0.717, 1.165) is 0 Å². The first-order valence-corrected chi connectivity index (χ1v) is 4.34. The molecule has 0 spiro atoms. The number of benzene rings is 1. The van der Waals surface area contributed by atoms with Crippen LogP contribution in [-0.2, 0) is 0 Å². The quantitative estimate of drug-likeness (QED) is 0.217. The van der Waals surface area contributed by atoms with Crippen molar-refractivity contribution >= 4 is 23.1 Å². The Bertz CT molecular complexity index is 431. The van der Waals surface area contributed by atoms with Crippen LogP contribution in [0.2, 0.25) is 0 Å². The Morgan fingerprint density at radius 2 is 1.31 bits per heavy atom. The number of nitrogens with two attached hydrogens (primary N) is 1. The Kier molecular flexibility index (Phi) is 3.69. The van der Waals surface area contributed by atoms with Gasteiger partial charge in [-0.25, -0.2) is 26.9 Å². The molecule has 0 unspecified atom stereocenters. The van der Waals surface area contributed by atoms with Crippen LogP contribution >= 0.6 is 11.6 Å². The number of amidine groups is 1. The van der Waals surface area contributed by atoms with Gasteiger partial charge in [-0.2, -0.15) is 0 Å². The SMILES string of the molecule is NC(CCl)=Nc1c(F)c(F)c(F)c(F)c1F. The van der Waals surface area contributed by atoms with Crippen LogP contribution in [0.4, 0.5) is 27.6 Å². The van der Waals surface area contributed by atoms with E-state index >= 15 is 0 Å². The molecule has 88 valence electrons. The molecule has 2 N–H and O–H groups in total. The van der Waals surface area contributed by atoms with E-state index in [1.165, 1.54) is 0 Å². The van der Waals surface area contributed by atoms with Crippen LogP contribution in [0.15, 0.2) is 4.99 Å². The summed E-state index contributed by atoms with van der Waals surface area (Å²) in [5, 5.41) is 0. The first-order valence-electron chi connectivity index (χ1n) is 3.80. The summed E-state index contributed by atoms with van der Waals surface area (Å²) >= 11 is 5.16. The van der Waals surface area contributed by atoms with Crippen molar-refractivity contribution in [2.75, 3.05) is 5.88 Å². The molecule has 0 aliphatic heterocycles. The molecule has 0 aliphatic carbocycles. The zero-order valence-electron chi connectivity index (χ0n) is 7.50. The summed E-state index contributed by atoms with van der Waals surface area (Å²) in [6.45, 7) is 0. The van der Waals surface area contributed by atoms with Gasteiger partial charge in [0.2, 0.25) is 5.82 Å². The van der Waals surface area contributed by atoms with Gasteiger partial charge in [0.25, 0.3) is 0 Å². The maximum Gasteiger partial charge on any atom is 0.200 e. The fraction of sp³-hybridized carbons (Fsp3) is 0.125. The van der Waals surface area contributed by atoms with Gasteiger partial charge in [0.05, 0.1) is 5.88 Å². The fourth-order valence-electron chi connectivity index (χ4n) is 0.865. The molecule has 1 rings (SSSR count). The molecular formula is C8H4ClF5N2. The number of hydrogen-bond acceptors (Lipinski definition) is 1. The summed E-state index contributed by atoms with van der Waals surface area (Å²) in [6, 6.07) is 0. The lowest BCUT2D eigenvalue weighted by Gasteiger charge is -2.04. The van der Waals surface area contributed by atoms with Gasteiger partial charge < -0.3 is 5.73 Å². The maximum absolute atomic E-state index is 13.0. The molecule has 0 heterocycles. The number of nitrogens with zero attached hydrogens (tertiary/aromatic N) is 1. The van der Waals surface area contributed by atoms with Crippen molar-refractivity contribution in [1.29, 1.82) is 0 Å². The second kappa shape index (κ2) is 4.65. The molecule has 0 saturated heterocycles. The molecule has 0 bridgehead atoms. The molecule has 16 heavy (non-hydrogen) atoms. The van der Waals surface area contributed by atoms with Crippen LogP contribution in [0, 0.1) is 29.1 Å². The van der Waals surface area contributed by atoms with E-state index in [2.05, 4.69) is 4.99 Å². The third-order valence-corrected chi connectivity index (χ3v) is 1.85. The number of halogens is 6. The molecule has 0 amide bonds. The lowest BCUT2D eigenvalue weighted by molar-refractivity contribution is 0.381. The molecule has 1 aromatic rings. The molecular weight excluding hydrogens is 255 g/mol. The summed E-state index contributed by atoms with van der Waals surface area (Å²) in [5.74, 6) is -11.4. The lowest BCUT2D eigenvalue weighted by Crippen LogP contribution is -2.13. The van der Waals surface area contributed by atoms with Gasteiger partial charge in [-0.05, 0) is 0 Å². The van der Waals surface area contributed by atoms with Crippen LogP contribution in [0.25, 0.3) is 0 Å². The minimum Gasteiger partial charge on any atom is -0.386 e. The van der Waals surface area contributed by atoms with Crippen LogP contribution in [0.1, 0.15) is 0 Å². The molecule has 0 radical (unpaired) electrons. The van der Waals surface area contributed by atoms with E-state index in [9.17, 15) is 22.0 Å². The number of alkyl halides is 1. The maximum atomic E-state index is 13.0. The topological polar surface area (TPSA) is 38.4 Å². The monoisotopic (exact) mass is 258 g/mol. The van der Waals surface area contributed by atoms with Crippen LogP contribution < -0.4 is 5.73 Å². The Labute approximate surface area is 91.5 Å². The summed E-state index contributed by atoms with van der Waals surface area (Å²) < 4.78 is 63.8. The van der Waals surface area contributed by atoms with Crippen molar-refractivity contribution < 1.29 is 22.0 Å². The first kappa shape index (κ1) is 12.7. The van der Waals surface area contributed by atoms with E-state index in [1.807, 2.05) is 0 Å². The standard InChI is InChI=1S/C8H4ClF5N2/c9-1-2(15)16-8-6(13)4(11)3(10)5(12)7(8)14/h1H2,(H2,15,16). The van der Waals surface area contributed by atoms with Crippen LogP contribution in [0.3, 0.4) is 0 Å². The highest BCUT2D eigenvalue weighted by Crippen LogP contribution is 2.29. The van der Waals surface area contributed by atoms with E-state index < -0.39 is 46.5 Å². The van der Waals surface area contributed by atoms with Crippen molar-refractivity contribution in [1.82, 2.24) is 0 Å². The molecule has 8 heteroatoms. The van der Waals surface area contributed by atoms with Crippen molar-refractivity contribution in [3.63, 3.8) is 0 Å². The van der Waals surface area contributed by atoms with E-state index in [1.54, 1.807) is 0 Å². The van der Waals surface area contributed by atoms with E-state index in [4.69, 9.17) is 17.3 Å². The summed E-state index contributed by atoms with van der Waals surface area (Å²) in [4.78, 5) is 3.01. The molecule has 0 aliphatic rings. The molecule has 2 nitrogen and oxygen atoms in total. The molecule has 0 aromatic heterocycles. The molecule has 0 fully saturated rings. The minimum atomic E-state index is -2.25. The van der Waals surface area contributed by atoms with E-state index in [0.29, 0.717) is 0 Å². The smallest absolute Gasteiger partial charge is 0.200 e. The predicted octanol–water partition coefficient (Wildman–Crippen LogP) is 2.61. The highest BCUT2D eigenvalue weighted by atomic mass is 35.5. The van der Waals surface area contributed by atoms with Gasteiger partial charge in [-0.1, -0.05) is 0 Å². The highest BCUT2D eigenvalue weighted by molar-refractivity contribution is 6.28. The Balaban J connectivity index is 3.52. The Morgan fingerprint density at radius 3 is 1.69 bits per heavy atom. The lowest BCUT2D eigenvalue weighted by atomic mass is 10.2. The third kappa shape index (κ3) is 2.08. The van der Waals surface area contributed by atoms with Crippen molar-refractivity contribution in [3.8, 4) is 0 Å². The van der Waals surface area contributed by atoms with Gasteiger partial charge >= 0.3 is 0 Å². The largest absolute Gasteiger partial charge is 0.386 e. The zero-order valence-corrected chi connectivity index (χ0v) is 8.26. The molecule has 1 aromatic carbocycles. The van der Waals surface area contributed by atoms with E-state index in [-0.39, 0.29) is 0 Å². The summed E-state index contributed by atoms with van der Waals surface area (Å²) in [6.07, 6.45) is 0. The average molecular weight is 259 g/mol. The fourth-order valence-corrected chi connectivity index (χ4v) is 0.925. The van der Waals surface area contributed by atoms with Gasteiger partial charge in [-0.15, -0.1) is 11.6 Å². The highest BCUT2D eigenvalue weighted by Gasteiger charge is 2.25. The summed E-state index contributed by atoms with van der Waals surface area (Å²) in [7, 11) is 0. The normalized spacial score (nSPS) is 12.0. The first-order chi connectivity index (χ1) is 7.40. The number of hydrogen-bond donors (Lipinski definition) is 1. The van der Waals surface area contributed by atoms with Crippen molar-refractivity contribution in [3.05, 3.63) is 29.1 Å². The zero-order chi connectivity index (χ0) is 12.5. The van der Waals surface area contributed by atoms with Crippen LogP contribution in [-0.4, -0.2) is 11.7 Å². The number of rotatable bonds is 2. The van der Waals surface area contributed by atoms with Crippen molar-refractivity contribution in [2.45, 2.75) is 0 Å². The second-order valence-corrected chi connectivity index (χ2v) is 2.92. The Hall–Kier alpha value is -1.37. The average Bonchev–Trinajstić information content (AvgIpc) is 2.29. The Morgan fingerprint density at radius 1 is 0.938 bits per heavy atom. The van der Waals surface area contributed by atoms with Crippen LogP contribution in [0.5, 0.6) is 0 Å². The van der Waals surface area contributed by atoms with Gasteiger partial charge in [0, 0.05) is 0 Å². The van der Waals surface area contributed by atoms with Gasteiger partial charge in [0.15, 0.2) is 23.3 Å². The van der Waals surface area contributed by atoms with Gasteiger partial charge in [-0.3, -0.25) is 0 Å². The predicted molar refractivity (Wildman–Crippen MR) is 48.2 cm³/mol. The van der Waals surface area contributed by atoms with Gasteiger partial charge in [0.1, 0.15) is 11.5 Å². The number of aliphatic imine (C=N–C) groups is 1. The van der Waals surface area contributed by atoms with Crippen molar-refractivity contribution in [2.24, 2.45) is 10.7 Å². The molecule has 0 saturated carbocycles. The summed E-state index contributed by atoms with van der Waals surface area (Å²) in [5.41, 5.74) is 3.67.